The van der Waals surface area contributed by atoms with E-state index in [0.717, 1.165) is 37.4 Å². The van der Waals surface area contributed by atoms with E-state index in [1.165, 1.54) is 0 Å². The van der Waals surface area contributed by atoms with Crippen LogP contribution in [0.25, 0.3) is 0 Å². The van der Waals surface area contributed by atoms with Crippen LogP contribution >= 0.6 is 0 Å². The lowest BCUT2D eigenvalue weighted by molar-refractivity contribution is 0.316. The molecular formula is C11H19N5O. The maximum absolute atomic E-state index is 8.35. The van der Waals surface area contributed by atoms with Crippen LogP contribution in [0.4, 0.5) is 0 Å². The lowest BCUT2D eigenvalue weighted by atomic mass is 10.2. The summed E-state index contributed by atoms with van der Waals surface area (Å²) in [5.74, 6) is 1.08. The normalized spacial score (nSPS) is 11.7. The minimum Gasteiger partial charge on any atom is -0.409 e. The van der Waals surface area contributed by atoms with Gasteiger partial charge in [-0.25, -0.2) is 9.97 Å². The van der Waals surface area contributed by atoms with E-state index in [9.17, 15) is 0 Å². The van der Waals surface area contributed by atoms with Crippen LogP contribution < -0.4 is 11.1 Å². The number of nitrogens with zero attached hydrogens (tertiary/aromatic N) is 3. The monoisotopic (exact) mass is 237 g/mol. The number of nitrogens with two attached hydrogens (primary N) is 1. The van der Waals surface area contributed by atoms with Gasteiger partial charge in [0.1, 0.15) is 11.7 Å². The number of aryl methyl sites for hydroxylation is 1. The van der Waals surface area contributed by atoms with Gasteiger partial charge in [0.2, 0.25) is 0 Å². The molecule has 0 aliphatic heterocycles. The van der Waals surface area contributed by atoms with Gasteiger partial charge in [0.15, 0.2) is 0 Å². The standard InChI is InChI=1S/C11H19N5O/c1-9-14-7-5-10(15-9)8-13-6-3-2-4-11(12)16-17/h5,7,13,17H,2-4,6,8H2,1H3,(H2,12,16). The number of oxime groups is 1. The van der Waals surface area contributed by atoms with E-state index in [1.807, 2.05) is 13.0 Å². The van der Waals surface area contributed by atoms with Crippen molar-refractivity contribution >= 4 is 5.84 Å². The van der Waals surface area contributed by atoms with E-state index in [2.05, 4.69) is 20.4 Å². The Kier molecular flexibility index (Phi) is 5.95. The van der Waals surface area contributed by atoms with Gasteiger partial charge in [-0.15, -0.1) is 0 Å². The third-order valence-corrected chi connectivity index (χ3v) is 2.30. The smallest absolute Gasteiger partial charge is 0.139 e. The van der Waals surface area contributed by atoms with Crippen LogP contribution in [0.1, 0.15) is 30.8 Å². The number of aromatic nitrogens is 2. The van der Waals surface area contributed by atoms with Crippen LogP contribution in [0, 0.1) is 6.92 Å². The van der Waals surface area contributed by atoms with E-state index in [1.54, 1.807) is 6.20 Å². The predicted octanol–water partition coefficient (Wildman–Crippen LogP) is 0.791. The number of rotatable bonds is 7. The second kappa shape index (κ2) is 7.56. The molecule has 0 fully saturated rings. The number of nitrogens with one attached hydrogen (secondary N) is 1. The van der Waals surface area contributed by atoms with Crippen LogP contribution in [-0.2, 0) is 6.54 Å². The van der Waals surface area contributed by atoms with Crippen molar-refractivity contribution in [1.82, 2.24) is 15.3 Å². The molecule has 1 rings (SSSR count). The fourth-order valence-corrected chi connectivity index (χ4v) is 1.43. The van der Waals surface area contributed by atoms with Crippen molar-refractivity contribution in [1.29, 1.82) is 0 Å². The molecule has 4 N–H and O–H groups in total. The highest BCUT2D eigenvalue weighted by Crippen LogP contribution is 1.96. The Bertz CT molecular complexity index is 367. The molecule has 94 valence electrons. The Morgan fingerprint density at radius 1 is 1.53 bits per heavy atom. The first kappa shape index (κ1) is 13.4. The largest absolute Gasteiger partial charge is 0.409 e. The molecular weight excluding hydrogens is 218 g/mol. The summed E-state index contributed by atoms with van der Waals surface area (Å²) < 4.78 is 0. The topological polar surface area (TPSA) is 96.4 Å². The SMILES string of the molecule is Cc1nccc(CNCCCCC(N)=NO)n1. The molecule has 6 heteroatoms. The van der Waals surface area contributed by atoms with Crippen molar-refractivity contribution in [2.24, 2.45) is 10.9 Å². The Labute approximate surface area is 101 Å². The van der Waals surface area contributed by atoms with Crippen molar-refractivity contribution in [2.75, 3.05) is 6.54 Å². The summed E-state index contributed by atoms with van der Waals surface area (Å²) in [6.07, 6.45) is 4.29. The molecule has 1 aromatic heterocycles. The highest BCUT2D eigenvalue weighted by atomic mass is 16.4. The summed E-state index contributed by atoms with van der Waals surface area (Å²) >= 11 is 0. The fraction of sp³-hybridized carbons (Fsp3) is 0.545. The molecule has 0 saturated heterocycles. The van der Waals surface area contributed by atoms with Gasteiger partial charge < -0.3 is 16.3 Å². The average molecular weight is 237 g/mol. The average Bonchev–Trinajstić information content (AvgIpc) is 2.33. The van der Waals surface area contributed by atoms with E-state index < -0.39 is 0 Å². The minimum absolute atomic E-state index is 0.288. The van der Waals surface area contributed by atoms with Crippen LogP contribution in [-0.4, -0.2) is 27.6 Å². The first-order valence-electron chi connectivity index (χ1n) is 5.68. The molecule has 6 nitrogen and oxygen atoms in total. The Balaban J connectivity index is 2.08. The van der Waals surface area contributed by atoms with Crippen molar-refractivity contribution < 1.29 is 5.21 Å². The molecule has 17 heavy (non-hydrogen) atoms. The molecule has 0 bridgehead atoms. The number of hydrogen-bond donors (Lipinski definition) is 3. The fourth-order valence-electron chi connectivity index (χ4n) is 1.43. The summed E-state index contributed by atoms with van der Waals surface area (Å²) in [6.45, 7) is 3.51. The van der Waals surface area contributed by atoms with Gasteiger partial charge in [0.25, 0.3) is 0 Å². The molecule has 0 aliphatic rings. The number of unbranched alkanes of at least 4 members (excludes halogenated alkanes) is 1. The molecule has 1 heterocycles. The third kappa shape index (κ3) is 5.82. The van der Waals surface area contributed by atoms with Gasteiger partial charge in [-0.05, 0) is 32.4 Å². The zero-order chi connectivity index (χ0) is 12.5. The Morgan fingerprint density at radius 3 is 3.06 bits per heavy atom. The molecule has 0 amide bonds. The first-order chi connectivity index (χ1) is 8.22. The summed E-state index contributed by atoms with van der Waals surface area (Å²) in [5.41, 5.74) is 6.35. The second-order valence-electron chi connectivity index (χ2n) is 3.82. The quantitative estimate of drug-likeness (QED) is 0.214. The second-order valence-corrected chi connectivity index (χ2v) is 3.82. The summed E-state index contributed by atoms with van der Waals surface area (Å²) in [7, 11) is 0. The van der Waals surface area contributed by atoms with Crippen molar-refractivity contribution in [3.05, 3.63) is 23.8 Å². The maximum atomic E-state index is 8.35. The number of hydrogen-bond acceptors (Lipinski definition) is 5. The molecule has 0 radical (unpaired) electrons. The van der Waals surface area contributed by atoms with Crippen LogP contribution in [0.3, 0.4) is 0 Å². The molecule has 0 unspecified atom stereocenters. The highest BCUT2D eigenvalue weighted by Gasteiger charge is 1.96. The molecule has 0 spiro atoms. The van der Waals surface area contributed by atoms with Gasteiger partial charge in [0.05, 0.1) is 5.69 Å². The lowest BCUT2D eigenvalue weighted by Gasteiger charge is -2.04. The molecule has 0 atom stereocenters. The number of amidine groups is 1. The van der Waals surface area contributed by atoms with Crippen molar-refractivity contribution in [2.45, 2.75) is 32.7 Å². The summed E-state index contributed by atoms with van der Waals surface area (Å²) in [5, 5.41) is 14.6. The van der Waals surface area contributed by atoms with Gasteiger partial charge in [0, 0.05) is 19.2 Å². The highest BCUT2D eigenvalue weighted by molar-refractivity contribution is 5.79. The minimum atomic E-state index is 0.288. The summed E-state index contributed by atoms with van der Waals surface area (Å²) in [4.78, 5) is 8.32. The lowest BCUT2D eigenvalue weighted by Crippen LogP contribution is -2.17. The van der Waals surface area contributed by atoms with Crippen molar-refractivity contribution in [3.63, 3.8) is 0 Å². The summed E-state index contributed by atoms with van der Waals surface area (Å²) in [6, 6.07) is 1.90. The van der Waals surface area contributed by atoms with Crippen molar-refractivity contribution in [3.8, 4) is 0 Å². The van der Waals surface area contributed by atoms with Gasteiger partial charge >= 0.3 is 0 Å². The van der Waals surface area contributed by atoms with E-state index >= 15 is 0 Å². The maximum Gasteiger partial charge on any atom is 0.139 e. The van der Waals surface area contributed by atoms with E-state index in [-0.39, 0.29) is 5.84 Å². The zero-order valence-corrected chi connectivity index (χ0v) is 10.1. The van der Waals surface area contributed by atoms with Gasteiger partial charge in [-0.2, -0.15) is 0 Å². The van der Waals surface area contributed by atoms with E-state index in [4.69, 9.17) is 10.9 Å². The van der Waals surface area contributed by atoms with Gasteiger partial charge in [-0.3, -0.25) is 0 Å². The molecule has 0 aliphatic carbocycles. The predicted molar refractivity (Wildman–Crippen MR) is 65.7 cm³/mol. The first-order valence-corrected chi connectivity index (χ1v) is 5.68. The zero-order valence-electron chi connectivity index (χ0n) is 10.1. The Morgan fingerprint density at radius 2 is 2.35 bits per heavy atom. The Hall–Kier alpha value is -1.69. The molecule has 0 saturated carbocycles. The third-order valence-electron chi connectivity index (χ3n) is 2.30. The van der Waals surface area contributed by atoms with Crippen LogP contribution in [0.15, 0.2) is 17.4 Å². The molecule has 0 aromatic carbocycles. The van der Waals surface area contributed by atoms with Crippen LogP contribution in [0.2, 0.25) is 0 Å². The molecule has 1 aromatic rings. The van der Waals surface area contributed by atoms with Gasteiger partial charge in [-0.1, -0.05) is 5.16 Å². The van der Waals surface area contributed by atoms with Crippen LogP contribution in [0.5, 0.6) is 0 Å². The van der Waals surface area contributed by atoms with E-state index in [0.29, 0.717) is 6.42 Å².